The zero-order valence-corrected chi connectivity index (χ0v) is 18.4. The van der Waals surface area contributed by atoms with Gasteiger partial charge in [-0.25, -0.2) is 4.39 Å². The Morgan fingerprint density at radius 2 is 1.59 bits per heavy atom. The molecular weight excluding hydrogens is 427 g/mol. The van der Waals surface area contributed by atoms with E-state index in [0.717, 1.165) is 11.3 Å². The first-order valence-electron chi connectivity index (χ1n) is 9.90. The number of rotatable bonds is 7. The first-order valence-corrected chi connectivity index (χ1v) is 10.9. The number of hydrogen-bond donors (Lipinski definition) is 1. The van der Waals surface area contributed by atoms with Gasteiger partial charge in [-0.3, -0.25) is 4.79 Å². The van der Waals surface area contributed by atoms with E-state index in [4.69, 9.17) is 4.74 Å². The van der Waals surface area contributed by atoms with Gasteiger partial charge in [0.2, 0.25) is 5.91 Å². The number of thioether (sulfide) groups is 1. The molecule has 32 heavy (non-hydrogen) atoms. The lowest BCUT2D eigenvalue weighted by atomic mass is 10.2. The second-order valence-corrected chi connectivity index (χ2v) is 8.09. The summed E-state index contributed by atoms with van der Waals surface area (Å²) in [5.41, 5.74) is 2.60. The molecule has 162 valence electrons. The highest BCUT2D eigenvalue weighted by Crippen LogP contribution is 2.25. The quantitative estimate of drug-likeness (QED) is 0.381. The average Bonchev–Trinajstić information content (AvgIpc) is 3.16. The molecule has 0 aliphatic carbocycles. The number of aryl methyl sites for hydroxylation is 1. The molecule has 0 bridgehead atoms. The first kappa shape index (κ1) is 21.6. The van der Waals surface area contributed by atoms with E-state index in [1.807, 2.05) is 38.2 Å². The fourth-order valence-electron chi connectivity index (χ4n) is 2.97. The van der Waals surface area contributed by atoms with Crippen LogP contribution in [0.3, 0.4) is 0 Å². The lowest BCUT2D eigenvalue weighted by Gasteiger charge is -2.08. The standard InChI is InChI=1S/C24H21FN4O2S/c1-16-3-11-20(12-4-16)31-21-13-9-19(10-14-21)26-22(30)15-32-24-28-27-23(29(24)2)17-5-7-18(25)8-6-17/h3-14H,15H2,1-2H3,(H,26,30). The summed E-state index contributed by atoms with van der Waals surface area (Å²) in [6.07, 6.45) is 0. The van der Waals surface area contributed by atoms with Gasteiger partial charge in [0.1, 0.15) is 17.3 Å². The molecule has 3 aromatic carbocycles. The number of ether oxygens (including phenoxy) is 1. The zero-order chi connectivity index (χ0) is 22.5. The van der Waals surface area contributed by atoms with Crippen LogP contribution in [0.2, 0.25) is 0 Å². The number of halogens is 1. The first-order chi connectivity index (χ1) is 15.5. The monoisotopic (exact) mass is 448 g/mol. The summed E-state index contributed by atoms with van der Waals surface area (Å²) in [6.45, 7) is 2.02. The second kappa shape index (κ2) is 9.65. The number of nitrogens with one attached hydrogen (secondary N) is 1. The minimum atomic E-state index is -0.308. The molecule has 0 aliphatic rings. The smallest absolute Gasteiger partial charge is 0.234 e. The maximum Gasteiger partial charge on any atom is 0.234 e. The van der Waals surface area contributed by atoms with Crippen LogP contribution in [0, 0.1) is 12.7 Å². The van der Waals surface area contributed by atoms with Crippen LogP contribution in [-0.2, 0) is 11.8 Å². The van der Waals surface area contributed by atoms with Gasteiger partial charge in [0.25, 0.3) is 0 Å². The number of amides is 1. The fraction of sp³-hybridized carbons (Fsp3) is 0.125. The molecule has 0 saturated heterocycles. The van der Waals surface area contributed by atoms with Gasteiger partial charge in [0, 0.05) is 18.3 Å². The third kappa shape index (κ3) is 5.33. The Bertz CT molecular complexity index is 1210. The molecule has 0 fully saturated rings. The molecule has 1 N–H and O–H groups in total. The third-order valence-corrected chi connectivity index (χ3v) is 5.68. The second-order valence-electron chi connectivity index (χ2n) is 7.15. The van der Waals surface area contributed by atoms with Crippen LogP contribution in [0.4, 0.5) is 10.1 Å². The van der Waals surface area contributed by atoms with Gasteiger partial charge in [0.05, 0.1) is 5.75 Å². The summed E-state index contributed by atoms with van der Waals surface area (Å²) in [7, 11) is 1.81. The van der Waals surface area contributed by atoms with Gasteiger partial charge in [-0.2, -0.15) is 0 Å². The van der Waals surface area contributed by atoms with E-state index in [9.17, 15) is 9.18 Å². The van der Waals surface area contributed by atoms with Crippen molar-refractivity contribution in [3.63, 3.8) is 0 Å². The number of anilines is 1. The van der Waals surface area contributed by atoms with Crippen molar-refractivity contribution in [1.82, 2.24) is 14.8 Å². The lowest BCUT2D eigenvalue weighted by Crippen LogP contribution is -2.14. The predicted molar refractivity (Wildman–Crippen MR) is 123 cm³/mol. The number of carbonyl (C=O) groups is 1. The maximum absolute atomic E-state index is 13.1. The summed E-state index contributed by atoms with van der Waals surface area (Å²) in [6, 6.07) is 21.0. The number of aromatic nitrogens is 3. The molecule has 4 aromatic rings. The van der Waals surface area contributed by atoms with E-state index in [2.05, 4.69) is 15.5 Å². The van der Waals surface area contributed by atoms with Crippen LogP contribution in [-0.4, -0.2) is 26.4 Å². The summed E-state index contributed by atoms with van der Waals surface area (Å²) in [5, 5.41) is 11.7. The van der Waals surface area contributed by atoms with Crippen LogP contribution < -0.4 is 10.1 Å². The van der Waals surface area contributed by atoms with Gasteiger partial charge in [-0.1, -0.05) is 29.5 Å². The van der Waals surface area contributed by atoms with Crippen molar-refractivity contribution in [2.45, 2.75) is 12.1 Å². The largest absolute Gasteiger partial charge is 0.457 e. The Morgan fingerprint density at radius 1 is 0.969 bits per heavy atom. The fourth-order valence-corrected chi connectivity index (χ4v) is 3.68. The highest BCUT2D eigenvalue weighted by atomic mass is 32.2. The summed E-state index contributed by atoms with van der Waals surface area (Å²) < 4.78 is 20.7. The normalized spacial score (nSPS) is 10.7. The van der Waals surface area contributed by atoms with Crippen molar-refractivity contribution in [2.75, 3.05) is 11.1 Å². The highest BCUT2D eigenvalue weighted by molar-refractivity contribution is 7.99. The number of nitrogens with zero attached hydrogens (tertiary/aromatic N) is 3. The summed E-state index contributed by atoms with van der Waals surface area (Å²) in [5.74, 6) is 1.76. The molecule has 0 saturated carbocycles. The maximum atomic E-state index is 13.1. The Labute approximate surface area is 189 Å². The molecule has 1 amide bonds. The number of hydrogen-bond acceptors (Lipinski definition) is 5. The van der Waals surface area contributed by atoms with Gasteiger partial charge in [0.15, 0.2) is 11.0 Å². The van der Waals surface area contributed by atoms with Crippen molar-refractivity contribution in [1.29, 1.82) is 0 Å². The molecule has 0 radical (unpaired) electrons. The van der Waals surface area contributed by atoms with Gasteiger partial charge >= 0.3 is 0 Å². The van der Waals surface area contributed by atoms with E-state index >= 15 is 0 Å². The van der Waals surface area contributed by atoms with Gasteiger partial charge in [-0.05, 0) is 67.6 Å². The van der Waals surface area contributed by atoms with Crippen LogP contribution in [0.5, 0.6) is 11.5 Å². The van der Waals surface area contributed by atoms with E-state index in [1.165, 1.54) is 29.5 Å². The SMILES string of the molecule is Cc1ccc(Oc2ccc(NC(=O)CSc3nnc(-c4ccc(F)cc4)n3C)cc2)cc1. The van der Waals surface area contributed by atoms with E-state index in [1.54, 1.807) is 41.0 Å². The molecule has 0 atom stereocenters. The molecule has 0 spiro atoms. The predicted octanol–water partition coefficient (Wildman–Crippen LogP) is 5.45. The van der Waals surface area contributed by atoms with Gasteiger partial charge in [-0.15, -0.1) is 10.2 Å². The van der Waals surface area contributed by atoms with Gasteiger partial charge < -0.3 is 14.6 Å². The third-order valence-electron chi connectivity index (χ3n) is 4.66. The number of benzene rings is 3. The molecule has 6 nitrogen and oxygen atoms in total. The van der Waals surface area contributed by atoms with Crippen LogP contribution in [0.1, 0.15) is 5.56 Å². The molecule has 1 heterocycles. The molecule has 0 unspecified atom stereocenters. The molecular formula is C24H21FN4O2S. The average molecular weight is 449 g/mol. The van der Waals surface area contributed by atoms with Crippen LogP contribution >= 0.6 is 11.8 Å². The summed E-state index contributed by atoms with van der Waals surface area (Å²) in [4.78, 5) is 12.4. The molecule has 1 aromatic heterocycles. The highest BCUT2D eigenvalue weighted by Gasteiger charge is 2.13. The Balaban J connectivity index is 1.31. The Kier molecular flexibility index (Phi) is 6.51. The lowest BCUT2D eigenvalue weighted by molar-refractivity contribution is -0.113. The van der Waals surface area contributed by atoms with E-state index in [-0.39, 0.29) is 17.5 Å². The number of carbonyl (C=O) groups excluding carboxylic acids is 1. The summed E-state index contributed by atoms with van der Waals surface area (Å²) >= 11 is 1.28. The van der Waals surface area contributed by atoms with E-state index < -0.39 is 0 Å². The Morgan fingerprint density at radius 3 is 2.25 bits per heavy atom. The van der Waals surface area contributed by atoms with Crippen molar-refractivity contribution in [3.8, 4) is 22.9 Å². The van der Waals surface area contributed by atoms with Crippen molar-refractivity contribution >= 4 is 23.4 Å². The minimum absolute atomic E-state index is 0.159. The Hall–Kier alpha value is -3.65. The molecule has 0 aliphatic heterocycles. The molecule has 8 heteroatoms. The van der Waals surface area contributed by atoms with Crippen molar-refractivity contribution in [3.05, 3.63) is 84.2 Å². The zero-order valence-electron chi connectivity index (χ0n) is 17.6. The van der Waals surface area contributed by atoms with Crippen LogP contribution in [0.25, 0.3) is 11.4 Å². The molecule has 4 rings (SSSR count). The topological polar surface area (TPSA) is 69.0 Å². The van der Waals surface area contributed by atoms with Crippen molar-refractivity contribution in [2.24, 2.45) is 7.05 Å². The van der Waals surface area contributed by atoms with Crippen LogP contribution in [0.15, 0.2) is 78.0 Å². The van der Waals surface area contributed by atoms with E-state index in [0.29, 0.717) is 22.4 Å². The van der Waals surface area contributed by atoms with Crippen molar-refractivity contribution < 1.29 is 13.9 Å². The minimum Gasteiger partial charge on any atom is -0.457 e.